The maximum Gasteiger partial charge on any atom is 0.253 e. The number of hydrogen-bond acceptors (Lipinski definition) is 3. The molecule has 1 atom stereocenters. The van der Waals surface area contributed by atoms with Gasteiger partial charge in [0.25, 0.3) is 5.91 Å². The summed E-state index contributed by atoms with van der Waals surface area (Å²) >= 11 is 0. The fourth-order valence-electron chi connectivity index (χ4n) is 3.33. The molecule has 1 saturated heterocycles. The monoisotopic (exact) mass is 380 g/mol. The van der Waals surface area contributed by atoms with E-state index in [1.54, 1.807) is 18.2 Å². The number of aryl methyl sites for hydroxylation is 3. The summed E-state index contributed by atoms with van der Waals surface area (Å²) in [5.41, 5.74) is 4.63. The molecule has 0 bridgehead atoms. The van der Waals surface area contributed by atoms with Crippen LogP contribution >= 0.6 is 0 Å². The summed E-state index contributed by atoms with van der Waals surface area (Å²) in [7, 11) is 0. The third-order valence-corrected chi connectivity index (χ3v) is 5.17. The lowest BCUT2D eigenvalue weighted by Crippen LogP contribution is -2.32. The quantitative estimate of drug-likeness (QED) is 0.768. The first-order valence-corrected chi connectivity index (χ1v) is 9.88. The largest absolute Gasteiger partial charge is 0.376 e. The predicted molar refractivity (Wildman–Crippen MR) is 111 cm³/mol. The first kappa shape index (κ1) is 20.1. The highest BCUT2D eigenvalue weighted by Crippen LogP contribution is 2.17. The van der Waals surface area contributed by atoms with Crippen LogP contribution in [0.3, 0.4) is 0 Å². The van der Waals surface area contributed by atoms with Crippen molar-refractivity contribution >= 4 is 17.5 Å². The number of amides is 2. The molecule has 0 aliphatic carbocycles. The topological polar surface area (TPSA) is 67.4 Å². The fraction of sp³-hybridized carbons (Fsp3) is 0.391. The molecule has 2 aromatic rings. The molecule has 1 aliphatic rings. The maximum atomic E-state index is 12.5. The van der Waals surface area contributed by atoms with Crippen LogP contribution in [0.15, 0.2) is 42.5 Å². The Morgan fingerprint density at radius 2 is 1.93 bits per heavy atom. The highest BCUT2D eigenvalue weighted by atomic mass is 16.5. The van der Waals surface area contributed by atoms with Crippen LogP contribution in [0.1, 0.15) is 46.3 Å². The van der Waals surface area contributed by atoms with E-state index >= 15 is 0 Å². The van der Waals surface area contributed by atoms with Crippen molar-refractivity contribution in [2.24, 2.45) is 0 Å². The summed E-state index contributed by atoms with van der Waals surface area (Å²) in [5.74, 6) is -0.293. The fourth-order valence-corrected chi connectivity index (χ4v) is 3.33. The van der Waals surface area contributed by atoms with Crippen molar-refractivity contribution in [1.29, 1.82) is 0 Å². The zero-order chi connectivity index (χ0) is 19.9. The van der Waals surface area contributed by atoms with E-state index < -0.39 is 0 Å². The molecule has 148 valence electrons. The smallest absolute Gasteiger partial charge is 0.253 e. The molecule has 0 unspecified atom stereocenters. The molecule has 0 aromatic heterocycles. The third kappa shape index (κ3) is 5.42. The van der Waals surface area contributed by atoms with Crippen LogP contribution < -0.4 is 10.6 Å². The Kier molecular flexibility index (Phi) is 6.82. The molecule has 2 amide bonds. The van der Waals surface area contributed by atoms with Crippen molar-refractivity contribution in [3.63, 3.8) is 0 Å². The molecule has 0 saturated carbocycles. The molecule has 0 spiro atoms. The molecule has 1 fully saturated rings. The van der Waals surface area contributed by atoms with Gasteiger partial charge in [0.05, 0.1) is 17.4 Å². The van der Waals surface area contributed by atoms with Crippen molar-refractivity contribution in [2.75, 3.05) is 18.5 Å². The Labute approximate surface area is 166 Å². The van der Waals surface area contributed by atoms with Gasteiger partial charge in [0.1, 0.15) is 0 Å². The van der Waals surface area contributed by atoms with E-state index in [1.807, 2.05) is 6.07 Å². The van der Waals surface area contributed by atoms with Gasteiger partial charge in [0, 0.05) is 19.6 Å². The summed E-state index contributed by atoms with van der Waals surface area (Å²) < 4.78 is 5.54. The van der Waals surface area contributed by atoms with Crippen LogP contribution in [-0.2, 0) is 16.0 Å². The van der Waals surface area contributed by atoms with Gasteiger partial charge >= 0.3 is 0 Å². The van der Waals surface area contributed by atoms with Gasteiger partial charge in [-0.2, -0.15) is 0 Å². The van der Waals surface area contributed by atoms with Crippen molar-refractivity contribution < 1.29 is 14.3 Å². The number of nitrogens with one attached hydrogen (secondary N) is 2. The van der Waals surface area contributed by atoms with E-state index in [0.717, 1.165) is 25.0 Å². The molecular formula is C23H28N2O3. The summed E-state index contributed by atoms with van der Waals surface area (Å²) in [6.45, 7) is 5.40. The van der Waals surface area contributed by atoms with Gasteiger partial charge in [-0.05, 0) is 61.9 Å². The second kappa shape index (κ2) is 9.51. The standard InChI is InChI=1S/C23H28N2O3/c1-16-9-10-18(14-17(16)2)11-12-22(26)25-21-8-4-3-7-20(21)23(27)24-15-19-6-5-13-28-19/h3-4,7-10,14,19H,5-6,11-13,15H2,1-2H3,(H,24,27)(H,25,26)/t19-/m1/s1. The van der Waals surface area contributed by atoms with Crippen LogP contribution in [0.5, 0.6) is 0 Å². The first-order chi connectivity index (χ1) is 13.5. The van der Waals surface area contributed by atoms with Crippen LogP contribution in [0.4, 0.5) is 5.69 Å². The van der Waals surface area contributed by atoms with Crippen LogP contribution in [0.25, 0.3) is 0 Å². The molecule has 0 radical (unpaired) electrons. The minimum Gasteiger partial charge on any atom is -0.376 e. The average molecular weight is 380 g/mol. The van der Waals surface area contributed by atoms with E-state index in [-0.39, 0.29) is 17.9 Å². The number of ether oxygens (including phenoxy) is 1. The Balaban J connectivity index is 1.56. The highest BCUT2D eigenvalue weighted by Gasteiger charge is 2.18. The van der Waals surface area contributed by atoms with Gasteiger partial charge in [-0.3, -0.25) is 9.59 Å². The van der Waals surface area contributed by atoms with E-state index in [1.165, 1.54) is 11.1 Å². The van der Waals surface area contributed by atoms with E-state index in [2.05, 4.69) is 42.7 Å². The van der Waals surface area contributed by atoms with Crippen LogP contribution in [-0.4, -0.2) is 31.1 Å². The zero-order valence-corrected chi connectivity index (χ0v) is 16.6. The average Bonchev–Trinajstić information content (AvgIpc) is 3.21. The lowest BCUT2D eigenvalue weighted by molar-refractivity contribution is -0.116. The molecule has 1 heterocycles. The molecule has 2 N–H and O–H groups in total. The van der Waals surface area contributed by atoms with Crippen molar-refractivity contribution in [2.45, 2.75) is 45.6 Å². The molecule has 5 nitrogen and oxygen atoms in total. The number of benzene rings is 2. The van der Waals surface area contributed by atoms with Gasteiger partial charge in [-0.25, -0.2) is 0 Å². The molecule has 5 heteroatoms. The SMILES string of the molecule is Cc1ccc(CCC(=O)Nc2ccccc2C(=O)NC[C@H]2CCCO2)cc1C. The number of carbonyl (C=O) groups excluding carboxylic acids is 2. The summed E-state index contributed by atoms with van der Waals surface area (Å²) in [4.78, 5) is 25.0. The van der Waals surface area contributed by atoms with Crippen LogP contribution in [0.2, 0.25) is 0 Å². The molecule has 1 aliphatic heterocycles. The van der Waals surface area contributed by atoms with Crippen LogP contribution in [0, 0.1) is 13.8 Å². The number of rotatable bonds is 7. The van der Waals surface area contributed by atoms with Gasteiger partial charge in [-0.15, -0.1) is 0 Å². The Morgan fingerprint density at radius 1 is 1.11 bits per heavy atom. The number of hydrogen-bond donors (Lipinski definition) is 2. The second-order valence-electron chi connectivity index (χ2n) is 7.36. The predicted octanol–water partition coefficient (Wildman–Crippen LogP) is 3.78. The number of anilines is 1. The Bertz CT molecular complexity index is 841. The van der Waals surface area contributed by atoms with Crippen molar-refractivity contribution in [1.82, 2.24) is 5.32 Å². The first-order valence-electron chi connectivity index (χ1n) is 9.88. The van der Waals surface area contributed by atoms with E-state index in [0.29, 0.717) is 30.6 Å². The van der Waals surface area contributed by atoms with Gasteiger partial charge < -0.3 is 15.4 Å². The lowest BCUT2D eigenvalue weighted by Gasteiger charge is -2.14. The Morgan fingerprint density at radius 3 is 2.68 bits per heavy atom. The molecule has 2 aromatic carbocycles. The molecule has 3 rings (SSSR count). The normalized spacial score (nSPS) is 16.0. The molecule has 28 heavy (non-hydrogen) atoms. The number of carbonyl (C=O) groups is 2. The maximum absolute atomic E-state index is 12.5. The highest BCUT2D eigenvalue weighted by molar-refractivity contribution is 6.03. The summed E-state index contributed by atoms with van der Waals surface area (Å²) in [5, 5.41) is 5.79. The van der Waals surface area contributed by atoms with Gasteiger partial charge in [-0.1, -0.05) is 30.3 Å². The summed E-state index contributed by atoms with van der Waals surface area (Å²) in [6.07, 6.45) is 3.13. The minimum absolute atomic E-state index is 0.0867. The van der Waals surface area contributed by atoms with Crippen molar-refractivity contribution in [3.05, 3.63) is 64.7 Å². The second-order valence-corrected chi connectivity index (χ2v) is 7.36. The van der Waals surface area contributed by atoms with E-state index in [9.17, 15) is 9.59 Å². The third-order valence-electron chi connectivity index (χ3n) is 5.17. The van der Waals surface area contributed by atoms with Gasteiger partial charge in [0.15, 0.2) is 0 Å². The van der Waals surface area contributed by atoms with E-state index in [4.69, 9.17) is 4.74 Å². The Hall–Kier alpha value is -2.66. The zero-order valence-electron chi connectivity index (χ0n) is 16.6. The summed E-state index contributed by atoms with van der Waals surface area (Å²) in [6, 6.07) is 13.4. The van der Waals surface area contributed by atoms with Crippen molar-refractivity contribution in [3.8, 4) is 0 Å². The molecular weight excluding hydrogens is 352 g/mol. The number of para-hydroxylation sites is 1. The minimum atomic E-state index is -0.194. The van der Waals surface area contributed by atoms with Gasteiger partial charge in [0.2, 0.25) is 5.91 Å². The lowest BCUT2D eigenvalue weighted by atomic mass is 10.0.